The van der Waals surface area contributed by atoms with Gasteiger partial charge in [0.1, 0.15) is 11.5 Å². The Morgan fingerprint density at radius 3 is 1.62 bits per heavy atom. The number of phenolic OH excluding ortho intramolecular Hbond substituents is 6. The molecule has 0 unspecified atom stereocenters. The summed E-state index contributed by atoms with van der Waals surface area (Å²) < 4.78 is 0. The van der Waals surface area contributed by atoms with E-state index in [2.05, 4.69) is 5.32 Å². The van der Waals surface area contributed by atoms with Crippen LogP contribution < -0.4 is 5.32 Å². The second-order valence-electron chi connectivity index (χ2n) is 12.2. The van der Waals surface area contributed by atoms with Crippen molar-refractivity contribution in [2.24, 2.45) is 0 Å². The molecule has 9 nitrogen and oxygen atoms in total. The minimum absolute atomic E-state index is 0.0125. The number of carbonyl (C=O) groups is 2. The molecule has 0 aliphatic carbocycles. The van der Waals surface area contributed by atoms with Crippen LogP contribution in [0.4, 0.5) is 5.69 Å². The topological polar surface area (TPSA) is 168 Å². The predicted octanol–water partition coefficient (Wildman–Crippen LogP) is 7.61. The minimum atomic E-state index is -1.03. The van der Waals surface area contributed by atoms with Gasteiger partial charge in [-0.25, -0.2) is 0 Å². The van der Waals surface area contributed by atoms with Gasteiger partial charge in [-0.05, 0) is 67.6 Å². The number of aryl methyl sites for hydroxylation is 2. The Bertz CT molecular complexity index is 2050. The minimum Gasteiger partial charge on any atom is -0.507 e. The first-order chi connectivity index (χ1) is 21.2. The number of nitrogens with one attached hydrogen (secondary N) is 1. The van der Waals surface area contributed by atoms with Gasteiger partial charge in [0.15, 0.2) is 35.6 Å². The Labute approximate surface area is 259 Å². The number of aromatic hydroxyl groups is 6. The van der Waals surface area contributed by atoms with E-state index in [0.717, 1.165) is 5.69 Å². The van der Waals surface area contributed by atoms with Gasteiger partial charge in [0.05, 0.1) is 16.7 Å². The van der Waals surface area contributed by atoms with Crippen LogP contribution in [0.3, 0.4) is 0 Å². The summed E-state index contributed by atoms with van der Waals surface area (Å²) >= 11 is 0. The van der Waals surface area contributed by atoms with Crippen LogP contribution in [0.5, 0.6) is 34.5 Å². The maximum atomic E-state index is 12.4. The number of hydrogen-bond acceptors (Lipinski definition) is 9. The molecule has 0 spiro atoms. The smallest absolute Gasteiger partial charge is 0.169 e. The van der Waals surface area contributed by atoms with Crippen LogP contribution in [0.1, 0.15) is 76.6 Å². The first-order valence-corrected chi connectivity index (χ1v) is 14.4. The van der Waals surface area contributed by atoms with Crippen molar-refractivity contribution in [2.45, 2.75) is 53.0 Å². The molecule has 0 aliphatic rings. The molecule has 5 aromatic carbocycles. The molecule has 9 heteroatoms. The lowest BCUT2D eigenvalue weighted by molar-refractivity contribution is 0.111. The van der Waals surface area contributed by atoms with Crippen molar-refractivity contribution in [3.63, 3.8) is 0 Å². The molecule has 0 amide bonds. The lowest BCUT2D eigenvalue weighted by Crippen LogP contribution is -2.28. The molecule has 0 radical (unpaired) electrons. The van der Waals surface area contributed by atoms with E-state index in [-0.39, 0.29) is 49.9 Å². The lowest BCUT2D eigenvalue weighted by atomic mass is 9.81. The summed E-state index contributed by atoms with van der Waals surface area (Å²) in [4.78, 5) is 24.5. The van der Waals surface area contributed by atoms with Crippen LogP contribution in [0.2, 0.25) is 0 Å². The highest BCUT2D eigenvalue weighted by atomic mass is 16.3. The third-order valence-corrected chi connectivity index (χ3v) is 8.46. The number of benzene rings is 5. The maximum Gasteiger partial charge on any atom is 0.169 e. The van der Waals surface area contributed by atoms with Gasteiger partial charge in [-0.15, -0.1) is 0 Å². The van der Waals surface area contributed by atoms with Crippen molar-refractivity contribution >= 4 is 39.8 Å². The highest BCUT2D eigenvalue weighted by Crippen LogP contribution is 2.54. The number of anilines is 1. The van der Waals surface area contributed by atoms with Crippen molar-refractivity contribution < 1.29 is 40.2 Å². The van der Waals surface area contributed by atoms with Gasteiger partial charge in [0.2, 0.25) is 0 Å². The van der Waals surface area contributed by atoms with Gasteiger partial charge >= 0.3 is 0 Å². The van der Waals surface area contributed by atoms with Crippen LogP contribution >= 0.6 is 0 Å². The molecule has 0 fully saturated rings. The zero-order chi connectivity index (χ0) is 33.1. The molecule has 0 bridgehead atoms. The fraction of sp³-hybridized carbons (Fsp3) is 0.222. The van der Waals surface area contributed by atoms with Gasteiger partial charge in [-0.1, -0.05) is 44.2 Å². The molecule has 0 aromatic heterocycles. The SMILES string of the molecule is Cc1cc2c(C(C)C)c(O)c(O)c(C=O)c2c(O)c1-c1c(C)cc2c(C(C)(C)Nc3ccccc3)c(O)c(O)c(C=O)c2c1O. The van der Waals surface area contributed by atoms with E-state index in [0.29, 0.717) is 34.6 Å². The summed E-state index contributed by atoms with van der Waals surface area (Å²) in [5.74, 6) is -3.54. The number of carbonyl (C=O) groups excluding carboxylic acids is 2. The predicted molar refractivity (Wildman–Crippen MR) is 174 cm³/mol. The first-order valence-electron chi connectivity index (χ1n) is 14.4. The van der Waals surface area contributed by atoms with Crippen molar-refractivity contribution in [3.8, 4) is 45.6 Å². The maximum absolute atomic E-state index is 12.4. The van der Waals surface area contributed by atoms with Crippen molar-refractivity contribution in [2.75, 3.05) is 5.32 Å². The largest absolute Gasteiger partial charge is 0.507 e. The Hall–Kier alpha value is -5.44. The third-order valence-electron chi connectivity index (χ3n) is 8.46. The summed E-state index contributed by atoms with van der Waals surface area (Å²) in [5.41, 5.74) is 0.711. The average Bonchev–Trinajstić information content (AvgIpc) is 2.96. The summed E-state index contributed by atoms with van der Waals surface area (Å²) in [7, 11) is 0. The zero-order valence-corrected chi connectivity index (χ0v) is 25.8. The van der Waals surface area contributed by atoms with Crippen molar-refractivity contribution in [1.29, 1.82) is 0 Å². The monoisotopic (exact) mass is 609 g/mol. The van der Waals surface area contributed by atoms with Crippen LogP contribution in [-0.4, -0.2) is 43.2 Å². The highest BCUT2D eigenvalue weighted by molar-refractivity contribution is 6.14. The quantitative estimate of drug-likeness (QED) is 0.0725. The zero-order valence-electron chi connectivity index (χ0n) is 25.8. The number of phenols is 6. The number of rotatable bonds is 7. The van der Waals surface area contributed by atoms with Crippen LogP contribution in [-0.2, 0) is 5.54 Å². The van der Waals surface area contributed by atoms with Gasteiger partial charge in [-0.2, -0.15) is 0 Å². The lowest BCUT2D eigenvalue weighted by Gasteiger charge is -2.31. The summed E-state index contributed by atoms with van der Waals surface area (Å²) in [5, 5.41) is 71.4. The van der Waals surface area contributed by atoms with Gasteiger partial charge in [0, 0.05) is 38.7 Å². The molecule has 0 aliphatic heterocycles. The van der Waals surface area contributed by atoms with E-state index in [9.17, 15) is 40.2 Å². The molecule has 0 atom stereocenters. The molecule has 5 rings (SSSR count). The number of hydrogen-bond donors (Lipinski definition) is 7. The number of aldehydes is 2. The molecule has 45 heavy (non-hydrogen) atoms. The Morgan fingerprint density at radius 2 is 1.13 bits per heavy atom. The van der Waals surface area contributed by atoms with Crippen molar-refractivity contribution in [1.82, 2.24) is 0 Å². The Kier molecular flexibility index (Phi) is 7.53. The normalized spacial score (nSPS) is 11.8. The highest BCUT2D eigenvalue weighted by Gasteiger charge is 2.34. The molecule has 0 heterocycles. The number of fused-ring (bicyclic) bond motifs is 2. The van der Waals surface area contributed by atoms with E-state index in [1.165, 1.54) is 0 Å². The Balaban J connectivity index is 1.92. The van der Waals surface area contributed by atoms with Crippen LogP contribution in [0.25, 0.3) is 32.7 Å². The molecule has 7 N–H and O–H groups in total. The van der Waals surface area contributed by atoms with E-state index >= 15 is 0 Å². The van der Waals surface area contributed by atoms with Gasteiger partial charge in [-0.3, -0.25) is 9.59 Å². The number of para-hydroxylation sites is 1. The molecule has 0 saturated heterocycles. The second kappa shape index (κ2) is 10.9. The Morgan fingerprint density at radius 1 is 0.667 bits per heavy atom. The molecule has 0 saturated carbocycles. The fourth-order valence-corrected chi connectivity index (χ4v) is 6.57. The summed E-state index contributed by atoms with van der Waals surface area (Å²) in [6.07, 6.45) is 0.678. The molecular weight excluding hydrogens is 574 g/mol. The molecular formula is C36H35NO8. The van der Waals surface area contributed by atoms with Gasteiger partial charge in [0.25, 0.3) is 0 Å². The van der Waals surface area contributed by atoms with Gasteiger partial charge < -0.3 is 36.0 Å². The van der Waals surface area contributed by atoms with Crippen molar-refractivity contribution in [3.05, 3.63) is 75.8 Å². The molecule has 232 valence electrons. The van der Waals surface area contributed by atoms with Crippen LogP contribution in [0, 0.1) is 13.8 Å². The second-order valence-corrected chi connectivity index (χ2v) is 12.2. The van der Waals surface area contributed by atoms with E-state index in [4.69, 9.17) is 0 Å². The van der Waals surface area contributed by atoms with Crippen LogP contribution in [0.15, 0.2) is 42.5 Å². The van der Waals surface area contributed by atoms with E-state index in [1.54, 1.807) is 53.7 Å². The first kappa shape index (κ1) is 31.0. The van der Waals surface area contributed by atoms with E-state index < -0.39 is 40.0 Å². The molecule has 5 aromatic rings. The fourth-order valence-electron chi connectivity index (χ4n) is 6.57. The standard InChI is InChI=1S/C36H35NO8/c1-16(2)24-20-12-17(3)25(32(42)27(20)22(14-38)30(40)34(24)44)26-18(4)13-21-28(33(26)43)23(15-39)31(41)35(45)29(21)36(5,6)37-19-10-8-7-9-11-19/h7-16,37,40-45H,1-6H3. The third kappa shape index (κ3) is 4.63. The average molecular weight is 610 g/mol. The summed E-state index contributed by atoms with van der Waals surface area (Å²) in [6, 6.07) is 12.5. The van der Waals surface area contributed by atoms with E-state index in [1.807, 2.05) is 30.3 Å². The summed E-state index contributed by atoms with van der Waals surface area (Å²) in [6.45, 7) is 10.5.